The summed E-state index contributed by atoms with van der Waals surface area (Å²) in [7, 11) is 0. The van der Waals surface area contributed by atoms with Gasteiger partial charge in [0.2, 0.25) is 0 Å². The molecule has 2 rings (SSSR count). The van der Waals surface area contributed by atoms with Crippen LogP contribution in [0.1, 0.15) is 46.7 Å². The Morgan fingerprint density at radius 3 is 2.40 bits per heavy atom. The number of halogens is 1. The molecule has 0 spiro atoms. The van der Waals surface area contributed by atoms with Crippen LogP contribution in [-0.4, -0.2) is 16.1 Å². The van der Waals surface area contributed by atoms with E-state index in [1.165, 1.54) is 11.3 Å². The van der Waals surface area contributed by atoms with Crippen LogP contribution in [0.25, 0.3) is 0 Å². The SMILES string of the molecule is CC(C)(C)c1nc(Cc2ccc(Cl)cc2)c(C(=O)O)s1. The van der Waals surface area contributed by atoms with E-state index >= 15 is 0 Å². The number of nitrogens with zero attached hydrogens (tertiary/aromatic N) is 1. The van der Waals surface area contributed by atoms with Gasteiger partial charge in [0.1, 0.15) is 4.88 Å². The van der Waals surface area contributed by atoms with Crippen molar-refractivity contribution in [3.63, 3.8) is 0 Å². The Morgan fingerprint density at radius 1 is 1.30 bits per heavy atom. The smallest absolute Gasteiger partial charge is 0.347 e. The van der Waals surface area contributed by atoms with E-state index < -0.39 is 5.97 Å². The number of thiazole rings is 1. The number of hydrogen-bond acceptors (Lipinski definition) is 3. The van der Waals surface area contributed by atoms with Crippen molar-refractivity contribution < 1.29 is 9.90 Å². The molecule has 2 aromatic rings. The summed E-state index contributed by atoms with van der Waals surface area (Å²) in [5, 5.41) is 10.8. The topological polar surface area (TPSA) is 50.2 Å². The number of carboxylic acids is 1. The molecule has 3 nitrogen and oxygen atoms in total. The minimum absolute atomic E-state index is 0.146. The van der Waals surface area contributed by atoms with Crippen LogP contribution < -0.4 is 0 Å². The first-order chi connectivity index (χ1) is 9.27. The lowest BCUT2D eigenvalue weighted by atomic mass is 9.98. The third kappa shape index (κ3) is 3.38. The minimum atomic E-state index is -0.915. The number of rotatable bonds is 3. The molecule has 1 N–H and O–H groups in total. The number of aromatic nitrogens is 1. The average molecular weight is 310 g/mol. The largest absolute Gasteiger partial charge is 0.477 e. The highest BCUT2D eigenvalue weighted by Gasteiger charge is 2.24. The highest BCUT2D eigenvalue weighted by Crippen LogP contribution is 2.30. The Balaban J connectivity index is 2.37. The van der Waals surface area contributed by atoms with Gasteiger partial charge in [-0.15, -0.1) is 11.3 Å². The Bertz CT molecular complexity index is 626. The fourth-order valence-electron chi connectivity index (χ4n) is 1.76. The van der Waals surface area contributed by atoms with Crippen LogP contribution in [0.4, 0.5) is 0 Å². The first kappa shape index (κ1) is 15.0. The number of carbonyl (C=O) groups is 1. The summed E-state index contributed by atoms with van der Waals surface area (Å²) in [6, 6.07) is 7.39. The maximum Gasteiger partial charge on any atom is 0.347 e. The molecule has 0 unspecified atom stereocenters. The van der Waals surface area contributed by atoms with Gasteiger partial charge in [-0.05, 0) is 17.7 Å². The average Bonchev–Trinajstić information content (AvgIpc) is 2.76. The van der Waals surface area contributed by atoms with Gasteiger partial charge in [0.05, 0.1) is 10.7 Å². The van der Waals surface area contributed by atoms with E-state index in [0.717, 1.165) is 10.6 Å². The summed E-state index contributed by atoms with van der Waals surface area (Å²) in [6.45, 7) is 6.09. The lowest BCUT2D eigenvalue weighted by molar-refractivity contribution is 0.0701. The van der Waals surface area contributed by atoms with Crippen molar-refractivity contribution in [2.24, 2.45) is 0 Å². The van der Waals surface area contributed by atoms with Crippen molar-refractivity contribution in [1.82, 2.24) is 4.98 Å². The molecule has 0 atom stereocenters. The van der Waals surface area contributed by atoms with E-state index in [1.807, 2.05) is 32.9 Å². The van der Waals surface area contributed by atoms with Crippen molar-refractivity contribution in [2.45, 2.75) is 32.6 Å². The van der Waals surface area contributed by atoms with Gasteiger partial charge in [0.25, 0.3) is 0 Å². The molecular weight excluding hydrogens is 294 g/mol. The van der Waals surface area contributed by atoms with Crippen LogP contribution in [0.15, 0.2) is 24.3 Å². The molecule has 1 aromatic carbocycles. The molecule has 0 saturated heterocycles. The molecule has 0 aliphatic rings. The van der Waals surface area contributed by atoms with E-state index in [-0.39, 0.29) is 5.41 Å². The zero-order valence-corrected chi connectivity index (χ0v) is 13.2. The lowest BCUT2D eigenvalue weighted by Crippen LogP contribution is -2.10. The summed E-state index contributed by atoms with van der Waals surface area (Å²) >= 11 is 7.11. The maximum atomic E-state index is 11.4. The summed E-state index contributed by atoms with van der Waals surface area (Å²) in [4.78, 5) is 16.2. The molecule has 5 heteroatoms. The Labute approximate surface area is 127 Å². The number of benzene rings is 1. The first-order valence-corrected chi connectivity index (χ1v) is 7.45. The molecule has 0 fully saturated rings. The van der Waals surface area contributed by atoms with Gasteiger partial charge < -0.3 is 5.11 Å². The molecule has 0 aliphatic heterocycles. The Morgan fingerprint density at radius 2 is 1.90 bits per heavy atom. The van der Waals surface area contributed by atoms with Gasteiger partial charge in [-0.3, -0.25) is 0 Å². The molecule has 0 amide bonds. The minimum Gasteiger partial charge on any atom is -0.477 e. The lowest BCUT2D eigenvalue weighted by Gasteiger charge is -2.13. The normalized spacial score (nSPS) is 11.6. The third-order valence-electron chi connectivity index (χ3n) is 2.82. The monoisotopic (exact) mass is 309 g/mol. The second-order valence-electron chi connectivity index (χ2n) is 5.65. The van der Waals surface area contributed by atoms with Crippen LogP contribution in [0.5, 0.6) is 0 Å². The van der Waals surface area contributed by atoms with Crippen molar-refractivity contribution in [2.75, 3.05) is 0 Å². The quantitative estimate of drug-likeness (QED) is 0.915. The van der Waals surface area contributed by atoms with E-state index in [1.54, 1.807) is 12.1 Å². The fraction of sp³-hybridized carbons (Fsp3) is 0.333. The van der Waals surface area contributed by atoms with Crippen LogP contribution in [0.2, 0.25) is 5.02 Å². The van der Waals surface area contributed by atoms with Gasteiger partial charge in [0, 0.05) is 16.9 Å². The highest BCUT2D eigenvalue weighted by molar-refractivity contribution is 7.13. The molecule has 20 heavy (non-hydrogen) atoms. The molecule has 0 radical (unpaired) electrons. The zero-order valence-electron chi connectivity index (χ0n) is 11.6. The van der Waals surface area contributed by atoms with Gasteiger partial charge >= 0.3 is 5.97 Å². The summed E-state index contributed by atoms with van der Waals surface area (Å²) < 4.78 is 0. The van der Waals surface area contributed by atoms with E-state index in [4.69, 9.17) is 11.6 Å². The van der Waals surface area contributed by atoms with E-state index in [0.29, 0.717) is 22.0 Å². The zero-order chi connectivity index (χ0) is 14.9. The summed E-state index contributed by atoms with van der Waals surface area (Å²) in [5.41, 5.74) is 1.48. The molecule has 0 aliphatic carbocycles. The van der Waals surface area contributed by atoms with E-state index in [9.17, 15) is 9.90 Å². The fourth-order valence-corrected chi connectivity index (χ4v) is 2.86. The number of carboxylic acid groups (broad SMARTS) is 1. The standard InChI is InChI=1S/C15H16ClNO2S/c1-15(2,3)14-17-11(12(20-14)13(18)19)8-9-4-6-10(16)7-5-9/h4-7H,8H2,1-3H3,(H,18,19). The maximum absolute atomic E-state index is 11.4. The van der Waals surface area contributed by atoms with Crippen molar-refractivity contribution in [3.05, 3.63) is 50.4 Å². The van der Waals surface area contributed by atoms with E-state index in [2.05, 4.69) is 4.98 Å². The highest BCUT2D eigenvalue weighted by atomic mass is 35.5. The second kappa shape index (κ2) is 5.54. The molecule has 1 aromatic heterocycles. The van der Waals surface area contributed by atoms with Gasteiger partial charge in [0.15, 0.2) is 0 Å². The number of hydrogen-bond donors (Lipinski definition) is 1. The predicted octanol–water partition coefficient (Wildman–Crippen LogP) is 4.38. The first-order valence-electron chi connectivity index (χ1n) is 6.25. The van der Waals surface area contributed by atoms with Crippen LogP contribution in [0, 0.1) is 0 Å². The molecule has 106 valence electrons. The molecular formula is C15H16ClNO2S. The van der Waals surface area contributed by atoms with Gasteiger partial charge in [-0.1, -0.05) is 44.5 Å². The molecule has 0 saturated carbocycles. The van der Waals surface area contributed by atoms with Crippen molar-refractivity contribution >= 4 is 28.9 Å². The van der Waals surface area contributed by atoms with Crippen LogP contribution in [-0.2, 0) is 11.8 Å². The van der Waals surface area contributed by atoms with Crippen LogP contribution >= 0.6 is 22.9 Å². The molecule has 1 heterocycles. The summed E-state index contributed by atoms with van der Waals surface area (Å²) in [5.74, 6) is -0.915. The second-order valence-corrected chi connectivity index (χ2v) is 7.09. The Hall–Kier alpha value is -1.39. The van der Waals surface area contributed by atoms with Crippen molar-refractivity contribution in [3.8, 4) is 0 Å². The summed E-state index contributed by atoms with van der Waals surface area (Å²) in [6.07, 6.45) is 0.505. The molecule has 0 bridgehead atoms. The third-order valence-corrected chi connectivity index (χ3v) is 4.58. The van der Waals surface area contributed by atoms with Crippen molar-refractivity contribution in [1.29, 1.82) is 0 Å². The predicted molar refractivity (Wildman–Crippen MR) is 82.0 cm³/mol. The van der Waals surface area contributed by atoms with Gasteiger partial charge in [-0.2, -0.15) is 0 Å². The van der Waals surface area contributed by atoms with Gasteiger partial charge in [-0.25, -0.2) is 9.78 Å². The Kier molecular flexibility index (Phi) is 4.16. The van der Waals surface area contributed by atoms with Crippen LogP contribution in [0.3, 0.4) is 0 Å². The number of aromatic carboxylic acids is 1.